The molecule has 0 atom stereocenters. The van der Waals surface area contributed by atoms with Gasteiger partial charge in [-0.3, -0.25) is 9.38 Å². The van der Waals surface area contributed by atoms with E-state index in [2.05, 4.69) is 48.5 Å². The van der Waals surface area contributed by atoms with E-state index in [1.807, 2.05) is 29.5 Å². The summed E-state index contributed by atoms with van der Waals surface area (Å²) in [7, 11) is 0. The first-order valence-corrected chi connectivity index (χ1v) is 9.47. The molecule has 3 aromatic heterocycles. The van der Waals surface area contributed by atoms with Crippen LogP contribution in [0.1, 0.15) is 0 Å². The van der Waals surface area contributed by atoms with Crippen LogP contribution in [0.15, 0.2) is 53.7 Å². The molecule has 0 saturated carbocycles. The van der Waals surface area contributed by atoms with E-state index in [9.17, 15) is 0 Å². The molecule has 7 heteroatoms. The van der Waals surface area contributed by atoms with E-state index in [1.54, 1.807) is 11.3 Å². The molecule has 0 spiro atoms. The van der Waals surface area contributed by atoms with Crippen molar-refractivity contribution < 1.29 is 4.74 Å². The summed E-state index contributed by atoms with van der Waals surface area (Å²) in [5.74, 6) is 0. The molecule has 5 rings (SSSR count). The van der Waals surface area contributed by atoms with Crippen molar-refractivity contribution in [2.45, 2.75) is 0 Å². The number of hydrogen-bond acceptors (Lipinski definition) is 6. The highest BCUT2D eigenvalue weighted by atomic mass is 32.1. The fourth-order valence-corrected chi connectivity index (χ4v) is 3.80. The van der Waals surface area contributed by atoms with Gasteiger partial charge in [0.25, 0.3) is 0 Å². The third-order valence-corrected chi connectivity index (χ3v) is 5.20. The Kier molecular flexibility index (Phi) is 3.88. The fourth-order valence-electron chi connectivity index (χ4n) is 3.25. The van der Waals surface area contributed by atoms with Crippen molar-refractivity contribution in [1.82, 2.24) is 19.4 Å². The van der Waals surface area contributed by atoms with Crippen LogP contribution in [-0.2, 0) is 4.74 Å². The van der Waals surface area contributed by atoms with E-state index < -0.39 is 0 Å². The normalized spacial score (nSPS) is 14.8. The van der Waals surface area contributed by atoms with Crippen LogP contribution in [0.3, 0.4) is 0 Å². The fraction of sp³-hybridized carbons (Fsp3) is 0.211. The van der Waals surface area contributed by atoms with Crippen molar-refractivity contribution >= 4 is 22.7 Å². The predicted molar refractivity (Wildman–Crippen MR) is 103 cm³/mol. The number of morpholine rings is 1. The molecule has 1 fully saturated rings. The maximum absolute atomic E-state index is 5.45. The molecule has 1 aromatic carbocycles. The monoisotopic (exact) mass is 363 g/mol. The van der Waals surface area contributed by atoms with E-state index in [0.717, 1.165) is 54.6 Å². The van der Waals surface area contributed by atoms with E-state index in [1.165, 1.54) is 5.69 Å². The van der Waals surface area contributed by atoms with Crippen LogP contribution in [-0.4, -0.2) is 45.7 Å². The van der Waals surface area contributed by atoms with Crippen molar-refractivity contribution in [3.05, 3.63) is 53.7 Å². The predicted octanol–water partition coefficient (Wildman–Crippen LogP) is 3.36. The first-order chi connectivity index (χ1) is 12.9. The molecule has 6 nitrogen and oxygen atoms in total. The topological polar surface area (TPSA) is 55.5 Å². The summed E-state index contributed by atoms with van der Waals surface area (Å²) in [6.45, 7) is 3.40. The van der Waals surface area contributed by atoms with Gasteiger partial charge in [0.1, 0.15) is 0 Å². The summed E-state index contributed by atoms with van der Waals surface area (Å²) in [4.78, 5) is 15.8. The van der Waals surface area contributed by atoms with Crippen LogP contribution < -0.4 is 4.90 Å². The molecule has 1 aliphatic heterocycles. The van der Waals surface area contributed by atoms with Gasteiger partial charge in [-0.25, -0.2) is 9.97 Å². The lowest BCUT2D eigenvalue weighted by Gasteiger charge is -2.29. The van der Waals surface area contributed by atoms with Gasteiger partial charge in [-0.1, -0.05) is 12.1 Å². The van der Waals surface area contributed by atoms with Crippen molar-refractivity contribution in [3.8, 4) is 22.6 Å². The van der Waals surface area contributed by atoms with Crippen LogP contribution in [0, 0.1) is 0 Å². The SMILES string of the molecule is c1cc(-c2cn3c(-c4cscn4)cnc3cn2)cc(N2CCOCC2)c1. The van der Waals surface area contributed by atoms with Crippen LogP contribution in [0.2, 0.25) is 0 Å². The molecule has 4 aromatic rings. The number of anilines is 1. The highest BCUT2D eigenvalue weighted by Crippen LogP contribution is 2.26. The molecule has 130 valence electrons. The lowest BCUT2D eigenvalue weighted by Crippen LogP contribution is -2.36. The Hall–Kier alpha value is -2.77. The van der Waals surface area contributed by atoms with Gasteiger partial charge in [0.05, 0.1) is 48.2 Å². The van der Waals surface area contributed by atoms with Gasteiger partial charge in [0.2, 0.25) is 0 Å². The number of hydrogen-bond donors (Lipinski definition) is 0. The van der Waals surface area contributed by atoms with Crippen LogP contribution in [0.4, 0.5) is 5.69 Å². The summed E-state index contributed by atoms with van der Waals surface area (Å²) in [6, 6.07) is 8.52. The lowest BCUT2D eigenvalue weighted by atomic mass is 10.1. The molecule has 4 heterocycles. The molecule has 0 bridgehead atoms. The van der Waals surface area contributed by atoms with Crippen molar-refractivity contribution in [1.29, 1.82) is 0 Å². The minimum Gasteiger partial charge on any atom is -0.378 e. The third kappa shape index (κ3) is 2.75. The maximum atomic E-state index is 5.45. The zero-order valence-electron chi connectivity index (χ0n) is 14.1. The van der Waals surface area contributed by atoms with Gasteiger partial charge in [-0.2, -0.15) is 0 Å². The van der Waals surface area contributed by atoms with E-state index in [4.69, 9.17) is 4.74 Å². The number of rotatable bonds is 3. The zero-order valence-corrected chi connectivity index (χ0v) is 14.9. The minimum atomic E-state index is 0.778. The zero-order chi connectivity index (χ0) is 17.3. The molecule has 26 heavy (non-hydrogen) atoms. The van der Waals surface area contributed by atoms with Gasteiger partial charge < -0.3 is 9.64 Å². The highest BCUT2D eigenvalue weighted by molar-refractivity contribution is 7.07. The largest absolute Gasteiger partial charge is 0.378 e. The summed E-state index contributed by atoms with van der Waals surface area (Å²) in [5.41, 5.74) is 7.79. The number of nitrogens with zero attached hydrogens (tertiary/aromatic N) is 5. The van der Waals surface area contributed by atoms with Crippen molar-refractivity contribution in [2.24, 2.45) is 0 Å². The maximum Gasteiger partial charge on any atom is 0.155 e. The summed E-state index contributed by atoms with van der Waals surface area (Å²) in [6.07, 6.45) is 5.70. The Labute approximate surface area is 154 Å². The minimum absolute atomic E-state index is 0.778. The van der Waals surface area contributed by atoms with E-state index in [-0.39, 0.29) is 0 Å². The molecule has 0 N–H and O–H groups in total. The standard InChI is InChI=1S/C19H17N5OS/c1-2-14(8-15(3-1)23-4-6-25-7-5-23)16-11-24-18(17-12-26-13-22-17)9-21-19(24)10-20-16/h1-3,8-13H,4-7H2. The second-order valence-electron chi connectivity index (χ2n) is 6.17. The van der Waals surface area contributed by atoms with E-state index in [0.29, 0.717) is 0 Å². The Balaban J connectivity index is 1.55. The molecule has 1 aliphatic rings. The van der Waals surface area contributed by atoms with Gasteiger partial charge in [0, 0.05) is 35.9 Å². The number of thiazole rings is 1. The van der Waals surface area contributed by atoms with Gasteiger partial charge in [0.15, 0.2) is 5.65 Å². The van der Waals surface area contributed by atoms with Gasteiger partial charge >= 0.3 is 0 Å². The molecule has 0 amide bonds. The van der Waals surface area contributed by atoms with Crippen LogP contribution in [0.25, 0.3) is 28.3 Å². The summed E-state index contributed by atoms with van der Waals surface area (Å²) < 4.78 is 7.51. The second kappa shape index (κ2) is 6.51. The molecule has 0 aliphatic carbocycles. The number of aromatic nitrogens is 4. The smallest absolute Gasteiger partial charge is 0.155 e. The van der Waals surface area contributed by atoms with E-state index >= 15 is 0 Å². The average Bonchev–Trinajstić information content (AvgIpc) is 3.38. The van der Waals surface area contributed by atoms with Crippen molar-refractivity contribution in [2.75, 3.05) is 31.2 Å². The number of ether oxygens (including phenoxy) is 1. The summed E-state index contributed by atoms with van der Waals surface area (Å²) >= 11 is 1.58. The Morgan fingerprint density at radius 2 is 1.92 bits per heavy atom. The summed E-state index contributed by atoms with van der Waals surface area (Å²) in [5, 5.41) is 2.03. The second-order valence-corrected chi connectivity index (χ2v) is 6.89. The first-order valence-electron chi connectivity index (χ1n) is 8.53. The van der Waals surface area contributed by atoms with Crippen molar-refractivity contribution in [3.63, 3.8) is 0 Å². The third-order valence-electron chi connectivity index (χ3n) is 4.61. The Morgan fingerprint density at radius 3 is 2.77 bits per heavy atom. The number of imidazole rings is 1. The molecular weight excluding hydrogens is 346 g/mol. The molecule has 0 radical (unpaired) electrons. The highest BCUT2D eigenvalue weighted by Gasteiger charge is 2.13. The van der Waals surface area contributed by atoms with Gasteiger partial charge in [-0.15, -0.1) is 11.3 Å². The van der Waals surface area contributed by atoms with Crippen LogP contribution >= 0.6 is 11.3 Å². The van der Waals surface area contributed by atoms with Crippen LogP contribution in [0.5, 0.6) is 0 Å². The Morgan fingerprint density at radius 1 is 1.00 bits per heavy atom. The lowest BCUT2D eigenvalue weighted by molar-refractivity contribution is 0.122. The number of benzene rings is 1. The quantitative estimate of drug-likeness (QED) is 0.559. The average molecular weight is 363 g/mol. The molecule has 0 unspecified atom stereocenters. The number of fused-ring (bicyclic) bond motifs is 1. The molecular formula is C19H17N5OS. The molecule has 1 saturated heterocycles. The Bertz CT molecular complexity index is 1040. The van der Waals surface area contributed by atoms with Gasteiger partial charge in [-0.05, 0) is 12.1 Å². The first kappa shape index (κ1) is 15.5.